The second-order valence-electron chi connectivity index (χ2n) is 8.63. The first kappa shape index (κ1) is 24.1. The summed E-state index contributed by atoms with van der Waals surface area (Å²) in [6.45, 7) is 3.28. The average Bonchev–Trinajstić information content (AvgIpc) is 2.83. The molecule has 0 spiro atoms. The highest BCUT2D eigenvalue weighted by Gasteiger charge is 2.22. The van der Waals surface area contributed by atoms with Crippen LogP contribution in [-0.4, -0.2) is 59.2 Å². The highest BCUT2D eigenvalue weighted by molar-refractivity contribution is 5.90. The van der Waals surface area contributed by atoms with Crippen LogP contribution >= 0.6 is 0 Å². The van der Waals surface area contributed by atoms with Crippen molar-refractivity contribution in [2.45, 2.75) is 70.6 Å². The fourth-order valence-corrected chi connectivity index (χ4v) is 4.08. The third-order valence-electron chi connectivity index (χ3n) is 5.87. The summed E-state index contributed by atoms with van der Waals surface area (Å²) in [7, 11) is 1.86. The number of nitrogens with one attached hydrogen (secondary N) is 2. The van der Waals surface area contributed by atoms with Crippen LogP contribution in [0.25, 0.3) is 6.08 Å². The SMILES string of the molecule is C[C@@H](Nc1cnc(C=CC(=O)NOC2CCCCO2)cn1)C(=O)N(C)CC1CCCCC1. The molecule has 2 N–H and O–H groups in total. The van der Waals surface area contributed by atoms with E-state index in [4.69, 9.17) is 9.57 Å². The molecule has 1 saturated heterocycles. The van der Waals surface area contributed by atoms with Gasteiger partial charge in [0.1, 0.15) is 11.9 Å². The molecule has 0 bridgehead atoms. The summed E-state index contributed by atoms with van der Waals surface area (Å²) in [5.74, 6) is 0.758. The van der Waals surface area contributed by atoms with Crippen LogP contribution in [-0.2, 0) is 19.2 Å². The number of rotatable bonds is 9. The molecule has 0 aromatic carbocycles. The van der Waals surface area contributed by atoms with E-state index in [1.165, 1.54) is 38.2 Å². The van der Waals surface area contributed by atoms with E-state index in [0.29, 0.717) is 24.0 Å². The normalized spacial score (nSPS) is 20.6. The van der Waals surface area contributed by atoms with Gasteiger partial charge in [0.25, 0.3) is 5.91 Å². The molecule has 1 aromatic heterocycles. The zero-order valence-electron chi connectivity index (χ0n) is 19.1. The Morgan fingerprint density at radius 2 is 1.97 bits per heavy atom. The molecule has 0 radical (unpaired) electrons. The molecule has 1 unspecified atom stereocenters. The minimum Gasteiger partial charge on any atom is -0.357 e. The molecule has 1 aliphatic carbocycles. The number of nitrogens with zero attached hydrogens (tertiary/aromatic N) is 3. The van der Waals surface area contributed by atoms with Gasteiger partial charge in [-0.2, -0.15) is 0 Å². The van der Waals surface area contributed by atoms with Gasteiger partial charge in [-0.15, -0.1) is 0 Å². The number of hydroxylamine groups is 1. The van der Waals surface area contributed by atoms with Crippen LogP contribution < -0.4 is 10.8 Å². The van der Waals surface area contributed by atoms with Crippen LogP contribution in [0.3, 0.4) is 0 Å². The fourth-order valence-electron chi connectivity index (χ4n) is 4.08. The third kappa shape index (κ3) is 7.87. The minimum atomic E-state index is -0.400. The Kier molecular flexibility index (Phi) is 9.43. The van der Waals surface area contributed by atoms with Gasteiger partial charge in [0.2, 0.25) is 5.91 Å². The summed E-state index contributed by atoms with van der Waals surface area (Å²) in [6, 6.07) is -0.399. The first-order valence-corrected chi connectivity index (χ1v) is 11.6. The Morgan fingerprint density at radius 3 is 2.66 bits per heavy atom. The van der Waals surface area contributed by atoms with E-state index in [-0.39, 0.29) is 5.91 Å². The standard InChI is InChI=1S/C23H35N5O4/c1-17(23(30)28(2)16-18-8-4-3-5-9-18)26-20-15-24-19(14-25-20)11-12-21(29)27-32-22-10-6-7-13-31-22/h11-12,14-15,17-18,22H,3-10,13,16H2,1-2H3,(H,25,26)(H,27,29)/t17-,22?/m1/s1. The molecule has 1 saturated carbocycles. The van der Waals surface area contributed by atoms with Crippen molar-refractivity contribution in [1.29, 1.82) is 0 Å². The van der Waals surface area contributed by atoms with Gasteiger partial charge < -0.3 is 15.0 Å². The van der Waals surface area contributed by atoms with E-state index in [1.807, 2.05) is 18.9 Å². The smallest absolute Gasteiger partial charge is 0.267 e. The number of amides is 2. The van der Waals surface area contributed by atoms with Gasteiger partial charge in [-0.1, -0.05) is 19.3 Å². The number of hydrogen-bond donors (Lipinski definition) is 2. The average molecular weight is 446 g/mol. The molecule has 2 amide bonds. The predicted octanol–water partition coefficient (Wildman–Crippen LogP) is 2.90. The Balaban J connectivity index is 1.41. The van der Waals surface area contributed by atoms with Gasteiger partial charge in [0.05, 0.1) is 18.1 Å². The lowest BCUT2D eigenvalue weighted by Gasteiger charge is -2.29. The van der Waals surface area contributed by atoms with Crippen LogP contribution in [0, 0.1) is 5.92 Å². The topological polar surface area (TPSA) is 106 Å². The highest BCUT2D eigenvalue weighted by Crippen LogP contribution is 2.24. The minimum absolute atomic E-state index is 0.0416. The molecule has 9 heteroatoms. The fraction of sp³-hybridized carbons (Fsp3) is 0.652. The summed E-state index contributed by atoms with van der Waals surface area (Å²) in [5, 5.41) is 3.11. The van der Waals surface area contributed by atoms with Crippen molar-refractivity contribution >= 4 is 23.7 Å². The zero-order valence-corrected chi connectivity index (χ0v) is 19.1. The second kappa shape index (κ2) is 12.5. The molecule has 2 atom stereocenters. The molecule has 1 aliphatic heterocycles. The maximum Gasteiger partial charge on any atom is 0.267 e. The van der Waals surface area contributed by atoms with Gasteiger partial charge in [0.15, 0.2) is 6.29 Å². The maximum atomic E-state index is 12.7. The Morgan fingerprint density at radius 1 is 1.19 bits per heavy atom. The molecule has 2 heterocycles. The largest absolute Gasteiger partial charge is 0.357 e. The number of anilines is 1. The molecule has 32 heavy (non-hydrogen) atoms. The van der Waals surface area contributed by atoms with E-state index < -0.39 is 18.2 Å². The van der Waals surface area contributed by atoms with Gasteiger partial charge in [-0.05, 0) is 44.6 Å². The molecular weight excluding hydrogens is 410 g/mol. The lowest BCUT2D eigenvalue weighted by molar-refractivity contribution is -0.198. The van der Waals surface area contributed by atoms with Crippen LogP contribution in [0.4, 0.5) is 5.82 Å². The molecule has 9 nitrogen and oxygen atoms in total. The van der Waals surface area contributed by atoms with Crippen LogP contribution in [0.15, 0.2) is 18.5 Å². The summed E-state index contributed by atoms with van der Waals surface area (Å²) in [5.41, 5.74) is 2.88. The summed E-state index contributed by atoms with van der Waals surface area (Å²) in [4.78, 5) is 40.2. The van der Waals surface area contributed by atoms with Crippen molar-refractivity contribution in [3.8, 4) is 0 Å². The molecule has 2 fully saturated rings. The number of hydrogen-bond acceptors (Lipinski definition) is 7. The van der Waals surface area contributed by atoms with Gasteiger partial charge >= 0.3 is 0 Å². The van der Waals surface area contributed by atoms with E-state index in [0.717, 1.165) is 25.8 Å². The van der Waals surface area contributed by atoms with E-state index in [1.54, 1.807) is 18.5 Å². The van der Waals surface area contributed by atoms with Crippen LogP contribution in [0.1, 0.15) is 64.0 Å². The van der Waals surface area contributed by atoms with Gasteiger partial charge in [-0.3, -0.25) is 14.6 Å². The van der Waals surface area contributed by atoms with Crippen molar-refractivity contribution < 1.29 is 19.2 Å². The van der Waals surface area contributed by atoms with Crippen molar-refractivity contribution in [3.63, 3.8) is 0 Å². The van der Waals surface area contributed by atoms with Gasteiger partial charge in [0, 0.05) is 32.7 Å². The van der Waals surface area contributed by atoms with Crippen LogP contribution in [0.2, 0.25) is 0 Å². The number of likely N-dealkylation sites (N-methyl/N-ethyl adjacent to an activating group) is 1. The number of carbonyl (C=O) groups is 2. The Labute approximate surface area is 189 Å². The van der Waals surface area contributed by atoms with E-state index >= 15 is 0 Å². The highest BCUT2D eigenvalue weighted by atomic mass is 16.8. The molecule has 2 aliphatic rings. The Bertz CT molecular complexity index is 758. The monoisotopic (exact) mass is 445 g/mol. The van der Waals surface area contributed by atoms with Crippen molar-refractivity contribution in [2.75, 3.05) is 25.5 Å². The van der Waals surface area contributed by atoms with Crippen molar-refractivity contribution in [3.05, 3.63) is 24.2 Å². The molecule has 1 aromatic rings. The maximum absolute atomic E-state index is 12.7. The summed E-state index contributed by atoms with van der Waals surface area (Å²) in [6.07, 6.45) is 14.6. The first-order valence-electron chi connectivity index (χ1n) is 11.6. The zero-order chi connectivity index (χ0) is 22.8. The lowest BCUT2D eigenvalue weighted by atomic mass is 9.89. The van der Waals surface area contributed by atoms with Crippen molar-refractivity contribution in [2.24, 2.45) is 5.92 Å². The predicted molar refractivity (Wildman–Crippen MR) is 121 cm³/mol. The summed E-state index contributed by atoms with van der Waals surface area (Å²) >= 11 is 0. The third-order valence-corrected chi connectivity index (χ3v) is 5.87. The van der Waals surface area contributed by atoms with E-state index in [9.17, 15) is 9.59 Å². The molecule has 3 rings (SSSR count). The van der Waals surface area contributed by atoms with E-state index in [2.05, 4.69) is 20.8 Å². The summed E-state index contributed by atoms with van der Waals surface area (Å²) < 4.78 is 5.39. The number of carbonyl (C=O) groups excluding carboxylic acids is 2. The van der Waals surface area contributed by atoms with Gasteiger partial charge in [-0.25, -0.2) is 15.3 Å². The number of aromatic nitrogens is 2. The van der Waals surface area contributed by atoms with Crippen LogP contribution in [0.5, 0.6) is 0 Å². The first-order chi connectivity index (χ1) is 15.5. The number of ether oxygens (including phenoxy) is 1. The molecular formula is C23H35N5O4. The quantitative estimate of drug-likeness (QED) is 0.445. The lowest BCUT2D eigenvalue weighted by Crippen LogP contribution is -2.41. The Hall–Kier alpha value is -2.52. The van der Waals surface area contributed by atoms with Crippen molar-refractivity contribution in [1.82, 2.24) is 20.3 Å². The molecule has 176 valence electrons. The second-order valence-corrected chi connectivity index (χ2v) is 8.63.